The van der Waals surface area contributed by atoms with Crippen molar-refractivity contribution in [3.05, 3.63) is 41.5 Å². The summed E-state index contributed by atoms with van der Waals surface area (Å²) in [7, 11) is 0. The fraction of sp³-hybridized carbons (Fsp3) is 0.368. The quantitative estimate of drug-likeness (QED) is 0.517. The number of aliphatic hydroxyl groups is 1. The zero-order valence-electron chi connectivity index (χ0n) is 14.4. The third kappa shape index (κ3) is 3.92. The van der Waals surface area contributed by atoms with Crippen molar-refractivity contribution in [2.45, 2.75) is 11.6 Å². The number of hydrogen-bond donors (Lipinski definition) is 1. The molecular weight excluding hydrogens is 366 g/mol. The molecular formula is C19H21N3O2S2. The number of aliphatic hydroxyl groups excluding tert-OH is 1. The van der Waals surface area contributed by atoms with Crippen molar-refractivity contribution in [2.24, 2.45) is 0 Å². The molecule has 26 heavy (non-hydrogen) atoms. The van der Waals surface area contributed by atoms with Gasteiger partial charge < -0.3 is 9.84 Å². The van der Waals surface area contributed by atoms with Gasteiger partial charge in [-0.05, 0) is 5.56 Å². The second kappa shape index (κ2) is 8.45. The smallest absolute Gasteiger partial charge is 0.145 e. The average molecular weight is 388 g/mol. The molecule has 3 heterocycles. The summed E-state index contributed by atoms with van der Waals surface area (Å²) in [5.41, 5.74) is 2.35. The lowest BCUT2D eigenvalue weighted by molar-refractivity contribution is 0.0330. The van der Waals surface area contributed by atoms with Gasteiger partial charge in [0.05, 0.1) is 31.8 Å². The van der Waals surface area contributed by atoms with Gasteiger partial charge in [0.15, 0.2) is 0 Å². The highest BCUT2D eigenvalue weighted by molar-refractivity contribution is 7.99. The summed E-state index contributed by atoms with van der Waals surface area (Å²) in [6, 6.07) is 10.4. The number of morpholine rings is 1. The van der Waals surface area contributed by atoms with Gasteiger partial charge >= 0.3 is 0 Å². The summed E-state index contributed by atoms with van der Waals surface area (Å²) in [5, 5.41) is 13.5. The number of fused-ring (bicyclic) bond motifs is 1. The Hall–Kier alpha value is -1.51. The van der Waals surface area contributed by atoms with Crippen LogP contribution in [0.25, 0.3) is 21.3 Å². The van der Waals surface area contributed by atoms with E-state index in [9.17, 15) is 5.11 Å². The largest absolute Gasteiger partial charge is 0.396 e. The highest BCUT2D eigenvalue weighted by Gasteiger charge is 2.18. The van der Waals surface area contributed by atoms with Crippen molar-refractivity contribution in [2.75, 3.05) is 38.7 Å². The van der Waals surface area contributed by atoms with Gasteiger partial charge in [-0.3, -0.25) is 4.90 Å². The number of ether oxygens (including phenoxy) is 1. The number of aromatic nitrogens is 2. The molecule has 0 bridgehead atoms. The first kappa shape index (κ1) is 17.9. The molecule has 0 atom stereocenters. The van der Waals surface area contributed by atoms with E-state index in [0.717, 1.165) is 53.9 Å². The van der Waals surface area contributed by atoms with Crippen molar-refractivity contribution in [3.63, 3.8) is 0 Å². The molecule has 1 saturated heterocycles. The Morgan fingerprint density at radius 1 is 1.15 bits per heavy atom. The van der Waals surface area contributed by atoms with Gasteiger partial charge in [-0.1, -0.05) is 30.3 Å². The van der Waals surface area contributed by atoms with Gasteiger partial charge in [-0.2, -0.15) is 0 Å². The molecule has 3 aromatic rings. The van der Waals surface area contributed by atoms with E-state index in [1.165, 1.54) is 11.1 Å². The first-order chi connectivity index (χ1) is 12.8. The van der Waals surface area contributed by atoms with E-state index in [1.54, 1.807) is 23.1 Å². The van der Waals surface area contributed by atoms with Gasteiger partial charge in [0.2, 0.25) is 0 Å². The van der Waals surface area contributed by atoms with Crippen LogP contribution in [0.5, 0.6) is 0 Å². The average Bonchev–Trinajstić information content (AvgIpc) is 3.12. The molecule has 5 nitrogen and oxygen atoms in total. The normalized spacial score (nSPS) is 15.6. The Morgan fingerprint density at radius 2 is 1.96 bits per heavy atom. The molecule has 0 radical (unpaired) electrons. The van der Waals surface area contributed by atoms with Crippen LogP contribution in [0.2, 0.25) is 0 Å². The molecule has 1 aliphatic rings. The number of rotatable bonds is 6. The fourth-order valence-corrected chi connectivity index (χ4v) is 4.90. The lowest BCUT2D eigenvalue weighted by Gasteiger charge is -2.25. The second-order valence-corrected chi connectivity index (χ2v) is 8.04. The van der Waals surface area contributed by atoms with Crippen molar-refractivity contribution in [1.82, 2.24) is 14.9 Å². The molecule has 1 N–H and O–H groups in total. The number of benzene rings is 1. The fourth-order valence-electron chi connectivity index (χ4n) is 3.06. The first-order valence-corrected chi connectivity index (χ1v) is 10.6. The Kier molecular flexibility index (Phi) is 5.81. The molecule has 1 fully saturated rings. The second-order valence-electron chi connectivity index (χ2n) is 6.10. The van der Waals surface area contributed by atoms with E-state index >= 15 is 0 Å². The molecule has 0 unspecified atom stereocenters. The van der Waals surface area contributed by atoms with Crippen LogP contribution >= 0.6 is 23.1 Å². The van der Waals surface area contributed by atoms with Crippen LogP contribution in [0.1, 0.15) is 5.82 Å². The van der Waals surface area contributed by atoms with Crippen molar-refractivity contribution in [3.8, 4) is 11.1 Å². The molecule has 0 spiro atoms. The minimum absolute atomic E-state index is 0.139. The van der Waals surface area contributed by atoms with Crippen LogP contribution in [-0.4, -0.2) is 58.6 Å². The summed E-state index contributed by atoms with van der Waals surface area (Å²) >= 11 is 3.26. The summed E-state index contributed by atoms with van der Waals surface area (Å²) in [5.74, 6) is 1.48. The molecule has 0 saturated carbocycles. The van der Waals surface area contributed by atoms with E-state index in [2.05, 4.69) is 22.4 Å². The van der Waals surface area contributed by atoms with Gasteiger partial charge in [0.1, 0.15) is 15.7 Å². The standard InChI is InChI=1S/C19H21N3O2S2/c23-8-11-25-18-17-15(14-4-2-1-3-5-14)13-26-19(17)21-16(20-18)12-22-6-9-24-10-7-22/h1-5,13,23H,6-12H2. The predicted octanol–water partition coefficient (Wildman–Crippen LogP) is 3.27. The Labute approximate surface area is 161 Å². The van der Waals surface area contributed by atoms with Gasteiger partial charge in [0.25, 0.3) is 0 Å². The summed E-state index contributed by atoms with van der Waals surface area (Å²) in [4.78, 5) is 13.0. The van der Waals surface area contributed by atoms with E-state index in [4.69, 9.17) is 14.7 Å². The maximum atomic E-state index is 9.28. The molecule has 1 aliphatic heterocycles. The SMILES string of the molecule is OCCSc1nc(CN2CCOCC2)nc2scc(-c3ccccc3)c12. The third-order valence-corrected chi connectivity index (χ3v) is 6.16. The monoisotopic (exact) mass is 387 g/mol. The molecule has 4 rings (SSSR count). The minimum atomic E-state index is 0.139. The number of hydrogen-bond acceptors (Lipinski definition) is 7. The Bertz CT molecular complexity index is 864. The van der Waals surface area contributed by atoms with Crippen molar-refractivity contribution in [1.29, 1.82) is 0 Å². The molecule has 7 heteroatoms. The van der Waals surface area contributed by atoms with Gasteiger partial charge in [0, 0.05) is 29.8 Å². The molecule has 1 aromatic carbocycles. The van der Waals surface area contributed by atoms with E-state index in [0.29, 0.717) is 5.75 Å². The van der Waals surface area contributed by atoms with Crippen molar-refractivity contribution >= 4 is 33.3 Å². The van der Waals surface area contributed by atoms with E-state index < -0.39 is 0 Å². The van der Waals surface area contributed by atoms with Crippen LogP contribution in [0.3, 0.4) is 0 Å². The lowest BCUT2D eigenvalue weighted by Crippen LogP contribution is -2.36. The summed E-state index contributed by atoms with van der Waals surface area (Å²) in [6.07, 6.45) is 0. The topological polar surface area (TPSA) is 58.5 Å². The van der Waals surface area contributed by atoms with Crippen LogP contribution in [0, 0.1) is 0 Å². The van der Waals surface area contributed by atoms with E-state index in [-0.39, 0.29) is 6.61 Å². The first-order valence-electron chi connectivity index (χ1n) is 8.72. The van der Waals surface area contributed by atoms with E-state index in [1.807, 2.05) is 18.2 Å². The highest BCUT2D eigenvalue weighted by Crippen LogP contribution is 2.38. The van der Waals surface area contributed by atoms with Gasteiger partial charge in [-0.15, -0.1) is 23.1 Å². The highest BCUT2D eigenvalue weighted by atomic mass is 32.2. The number of thioether (sulfide) groups is 1. The van der Waals surface area contributed by atoms with Crippen LogP contribution in [0.4, 0.5) is 0 Å². The van der Waals surface area contributed by atoms with Crippen LogP contribution in [0.15, 0.2) is 40.7 Å². The molecule has 2 aromatic heterocycles. The summed E-state index contributed by atoms with van der Waals surface area (Å²) in [6.45, 7) is 4.25. The summed E-state index contributed by atoms with van der Waals surface area (Å²) < 4.78 is 5.42. The third-order valence-electron chi connectivity index (χ3n) is 4.33. The lowest BCUT2D eigenvalue weighted by atomic mass is 10.1. The zero-order chi connectivity index (χ0) is 17.8. The molecule has 0 amide bonds. The zero-order valence-corrected chi connectivity index (χ0v) is 16.1. The molecule has 136 valence electrons. The minimum Gasteiger partial charge on any atom is -0.396 e. The predicted molar refractivity (Wildman–Crippen MR) is 107 cm³/mol. The van der Waals surface area contributed by atoms with Gasteiger partial charge in [-0.25, -0.2) is 9.97 Å². The van der Waals surface area contributed by atoms with Crippen molar-refractivity contribution < 1.29 is 9.84 Å². The molecule has 0 aliphatic carbocycles. The Morgan fingerprint density at radius 3 is 2.73 bits per heavy atom. The Balaban J connectivity index is 1.72. The number of nitrogens with zero attached hydrogens (tertiary/aromatic N) is 3. The number of thiophene rings is 1. The maximum Gasteiger partial charge on any atom is 0.145 e. The van der Waals surface area contributed by atoms with Crippen LogP contribution in [-0.2, 0) is 11.3 Å². The maximum absolute atomic E-state index is 9.28. The van der Waals surface area contributed by atoms with Crippen LogP contribution < -0.4 is 0 Å².